The first-order chi connectivity index (χ1) is 8.65. The Labute approximate surface area is 107 Å². The molecule has 2 unspecified atom stereocenters. The van der Waals surface area contributed by atoms with Crippen LogP contribution >= 0.6 is 0 Å². The molecule has 0 spiro atoms. The Hall–Kier alpha value is -1.14. The fourth-order valence-corrected chi connectivity index (χ4v) is 1.71. The van der Waals surface area contributed by atoms with Gasteiger partial charge in [-0.1, -0.05) is 19.0 Å². The molecule has 6 heteroatoms. The van der Waals surface area contributed by atoms with Gasteiger partial charge in [-0.05, 0) is 13.3 Å². The molecule has 102 valence electrons. The highest BCUT2D eigenvalue weighted by atomic mass is 16.5. The Kier molecular flexibility index (Phi) is 4.54. The van der Waals surface area contributed by atoms with Crippen LogP contribution in [0.15, 0.2) is 4.52 Å². The van der Waals surface area contributed by atoms with Crippen molar-refractivity contribution in [3.8, 4) is 0 Å². The van der Waals surface area contributed by atoms with Crippen molar-refractivity contribution in [2.75, 3.05) is 25.1 Å². The van der Waals surface area contributed by atoms with E-state index in [1.54, 1.807) is 0 Å². The highest BCUT2D eigenvalue weighted by Gasteiger charge is 2.18. The zero-order valence-corrected chi connectivity index (χ0v) is 11.2. The molecule has 1 aliphatic rings. The number of aromatic nitrogens is 2. The summed E-state index contributed by atoms with van der Waals surface area (Å²) in [5, 5.41) is 7.03. The second kappa shape index (κ2) is 6.15. The highest BCUT2D eigenvalue weighted by molar-refractivity contribution is 5.20. The van der Waals surface area contributed by atoms with Crippen molar-refractivity contribution in [2.45, 2.75) is 45.3 Å². The molecule has 0 saturated carbocycles. The number of anilines is 1. The van der Waals surface area contributed by atoms with Crippen LogP contribution in [0.1, 0.15) is 38.9 Å². The predicted molar refractivity (Wildman–Crippen MR) is 66.6 cm³/mol. The van der Waals surface area contributed by atoms with Gasteiger partial charge in [0.15, 0.2) is 5.82 Å². The van der Waals surface area contributed by atoms with Gasteiger partial charge in [-0.3, -0.25) is 0 Å². The molecule has 0 bridgehead atoms. The first kappa shape index (κ1) is 13.3. The molecule has 2 atom stereocenters. The van der Waals surface area contributed by atoms with Crippen molar-refractivity contribution in [3.05, 3.63) is 5.82 Å². The van der Waals surface area contributed by atoms with Crippen LogP contribution in [-0.2, 0) is 9.47 Å². The highest BCUT2D eigenvalue weighted by Crippen LogP contribution is 2.14. The molecular weight excluding hydrogens is 234 g/mol. The summed E-state index contributed by atoms with van der Waals surface area (Å²) >= 11 is 0. The second-order valence-corrected chi connectivity index (χ2v) is 4.98. The lowest BCUT2D eigenvalue weighted by molar-refractivity contribution is 0.0392. The molecule has 1 aromatic rings. The number of hydrogen-bond donors (Lipinski definition) is 1. The first-order valence-corrected chi connectivity index (χ1v) is 6.44. The fraction of sp³-hybridized carbons (Fsp3) is 0.833. The van der Waals surface area contributed by atoms with E-state index in [-0.39, 0.29) is 18.1 Å². The average Bonchev–Trinajstić information content (AvgIpc) is 2.96. The molecule has 0 amide bonds. The Bertz CT molecular complexity index is 361. The van der Waals surface area contributed by atoms with E-state index >= 15 is 0 Å². The van der Waals surface area contributed by atoms with Crippen LogP contribution in [0.3, 0.4) is 0 Å². The largest absolute Gasteiger partial charge is 0.379 e. The fourth-order valence-electron chi connectivity index (χ4n) is 1.71. The standard InChI is InChI=1S/C12H21N3O3/c1-8(2)11-14-12(18-15-11)13-9(3)6-17-10-4-5-16-7-10/h8-10H,4-7H2,1-3H3,(H,13,14,15). The summed E-state index contributed by atoms with van der Waals surface area (Å²) in [5.74, 6) is 0.987. The van der Waals surface area contributed by atoms with Crippen LogP contribution in [0.4, 0.5) is 6.01 Å². The third-order valence-corrected chi connectivity index (χ3v) is 2.80. The topological polar surface area (TPSA) is 69.4 Å². The van der Waals surface area contributed by atoms with E-state index in [0.717, 1.165) is 18.9 Å². The van der Waals surface area contributed by atoms with Gasteiger partial charge in [0.05, 0.1) is 25.4 Å². The van der Waals surface area contributed by atoms with E-state index in [2.05, 4.69) is 15.5 Å². The molecule has 0 aliphatic carbocycles. The first-order valence-electron chi connectivity index (χ1n) is 6.44. The lowest BCUT2D eigenvalue weighted by Crippen LogP contribution is -2.26. The molecule has 6 nitrogen and oxygen atoms in total. The van der Waals surface area contributed by atoms with Gasteiger partial charge in [-0.15, -0.1) is 0 Å². The lowest BCUT2D eigenvalue weighted by atomic mass is 10.2. The van der Waals surface area contributed by atoms with Gasteiger partial charge in [-0.2, -0.15) is 4.98 Å². The molecule has 0 radical (unpaired) electrons. The number of nitrogens with zero attached hydrogens (tertiary/aromatic N) is 2. The minimum absolute atomic E-state index is 0.131. The number of ether oxygens (including phenoxy) is 2. The smallest absolute Gasteiger partial charge is 0.321 e. The molecule has 1 fully saturated rings. The molecule has 1 aromatic heterocycles. The van der Waals surface area contributed by atoms with Gasteiger partial charge >= 0.3 is 6.01 Å². The van der Waals surface area contributed by atoms with Crippen LogP contribution in [0.25, 0.3) is 0 Å². The van der Waals surface area contributed by atoms with Crippen LogP contribution in [-0.4, -0.2) is 42.1 Å². The van der Waals surface area contributed by atoms with Gasteiger partial charge in [0, 0.05) is 12.5 Å². The summed E-state index contributed by atoms with van der Waals surface area (Å²) in [7, 11) is 0. The number of rotatable bonds is 6. The zero-order valence-electron chi connectivity index (χ0n) is 11.2. The van der Waals surface area contributed by atoms with E-state index in [1.807, 2.05) is 20.8 Å². The van der Waals surface area contributed by atoms with Crippen molar-refractivity contribution in [1.82, 2.24) is 10.1 Å². The van der Waals surface area contributed by atoms with Gasteiger partial charge in [0.25, 0.3) is 0 Å². The maximum atomic E-state index is 5.71. The minimum Gasteiger partial charge on any atom is -0.379 e. The summed E-state index contributed by atoms with van der Waals surface area (Å²) in [6.07, 6.45) is 1.20. The maximum absolute atomic E-state index is 5.71. The van der Waals surface area contributed by atoms with Crippen molar-refractivity contribution in [2.24, 2.45) is 0 Å². The monoisotopic (exact) mass is 255 g/mol. The predicted octanol–water partition coefficient (Wildman–Crippen LogP) is 1.80. The summed E-state index contributed by atoms with van der Waals surface area (Å²) in [4.78, 5) is 4.26. The van der Waals surface area contributed by atoms with E-state index in [9.17, 15) is 0 Å². The van der Waals surface area contributed by atoms with Crippen molar-refractivity contribution < 1.29 is 14.0 Å². The summed E-state index contributed by atoms with van der Waals surface area (Å²) in [5.41, 5.74) is 0. The normalized spacial score (nSPS) is 21.4. The average molecular weight is 255 g/mol. The van der Waals surface area contributed by atoms with Crippen LogP contribution in [0.2, 0.25) is 0 Å². The van der Waals surface area contributed by atoms with E-state index in [1.165, 1.54) is 0 Å². The Morgan fingerprint density at radius 3 is 2.89 bits per heavy atom. The van der Waals surface area contributed by atoms with E-state index in [4.69, 9.17) is 14.0 Å². The van der Waals surface area contributed by atoms with Gasteiger partial charge in [0.1, 0.15) is 0 Å². The third-order valence-electron chi connectivity index (χ3n) is 2.80. The van der Waals surface area contributed by atoms with E-state index in [0.29, 0.717) is 19.2 Å². The third kappa shape index (κ3) is 3.68. The van der Waals surface area contributed by atoms with Crippen molar-refractivity contribution in [3.63, 3.8) is 0 Å². The minimum atomic E-state index is 0.131. The molecular formula is C12H21N3O3. The summed E-state index contributed by atoms with van der Waals surface area (Å²) in [6.45, 7) is 8.18. The zero-order chi connectivity index (χ0) is 13.0. The molecule has 2 heterocycles. The van der Waals surface area contributed by atoms with Crippen LogP contribution in [0.5, 0.6) is 0 Å². The number of nitrogens with one attached hydrogen (secondary N) is 1. The SMILES string of the molecule is CC(COC1CCOC1)Nc1nc(C(C)C)no1. The Balaban J connectivity index is 1.73. The molecule has 18 heavy (non-hydrogen) atoms. The van der Waals surface area contributed by atoms with E-state index < -0.39 is 0 Å². The molecule has 1 N–H and O–H groups in total. The van der Waals surface area contributed by atoms with Crippen molar-refractivity contribution in [1.29, 1.82) is 0 Å². The molecule has 1 aliphatic heterocycles. The lowest BCUT2D eigenvalue weighted by Gasteiger charge is -2.15. The molecule has 2 rings (SSSR count). The number of hydrogen-bond acceptors (Lipinski definition) is 6. The second-order valence-electron chi connectivity index (χ2n) is 4.98. The summed E-state index contributed by atoms with van der Waals surface area (Å²) < 4.78 is 16.1. The molecule has 1 saturated heterocycles. The maximum Gasteiger partial charge on any atom is 0.321 e. The Morgan fingerprint density at radius 1 is 1.44 bits per heavy atom. The Morgan fingerprint density at radius 2 is 2.28 bits per heavy atom. The van der Waals surface area contributed by atoms with Gasteiger partial charge in [-0.25, -0.2) is 0 Å². The van der Waals surface area contributed by atoms with Gasteiger partial charge in [0.2, 0.25) is 0 Å². The van der Waals surface area contributed by atoms with Crippen LogP contribution in [0, 0.1) is 0 Å². The van der Waals surface area contributed by atoms with Crippen LogP contribution < -0.4 is 5.32 Å². The summed E-state index contributed by atoms with van der Waals surface area (Å²) in [6, 6.07) is 0.587. The van der Waals surface area contributed by atoms with Gasteiger partial charge < -0.3 is 19.3 Å². The molecule has 0 aromatic carbocycles. The quantitative estimate of drug-likeness (QED) is 0.836. The van der Waals surface area contributed by atoms with Crippen molar-refractivity contribution >= 4 is 6.01 Å².